The molecule has 0 saturated heterocycles. The van der Waals surface area contributed by atoms with Crippen molar-refractivity contribution >= 4 is 43.9 Å². The Bertz CT molecular complexity index is 3310. The number of benzene rings is 6. The Hall–Kier alpha value is -6.88. The van der Waals surface area contributed by atoms with Gasteiger partial charge in [0.2, 0.25) is 0 Å². The molecule has 0 amide bonds. The molecule has 0 fully saturated rings. The van der Waals surface area contributed by atoms with E-state index in [0.717, 1.165) is 83.0 Å². The molecule has 3 heterocycles. The normalized spacial score (nSPS) is 11.0. The van der Waals surface area contributed by atoms with Gasteiger partial charge < -0.3 is 30.9 Å². The molecule has 3 aromatic heterocycles. The summed E-state index contributed by atoms with van der Waals surface area (Å²) in [6.07, 6.45) is 0. The molecule has 9 aromatic rings. The summed E-state index contributed by atoms with van der Waals surface area (Å²) in [6.45, 7) is 5.06. The van der Waals surface area contributed by atoms with Crippen LogP contribution in [-0.4, -0.2) is 13.7 Å². The molecule has 0 saturated carbocycles. The molecule has 6 N–H and O–H groups in total. The van der Waals surface area contributed by atoms with E-state index in [1.165, 1.54) is 5.56 Å². The first-order chi connectivity index (χ1) is 30.4. The Morgan fingerprint density at radius 1 is 0.397 bits per heavy atom. The van der Waals surface area contributed by atoms with E-state index in [2.05, 4.69) is 25.1 Å². The molecule has 10 heteroatoms. The van der Waals surface area contributed by atoms with E-state index in [9.17, 15) is 14.4 Å². The van der Waals surface area contributed by atoms with E-state index in [4.69, 9.17) is 28.8 Å². The number of aromatic nitrogens is 3. The van der Waals surface area contributed by atoms with Crippen LogP contribution in [0.1, 0.15) is 28.2 Å². The molecule has 0 bridgehead atoms. The van der Waals surface area contributed by atoms with Gasteiger partial charge in [-0.3, -0.25) is 14.4 Å². The van der Waals surface area contributed by atoms with Crippen molar-refractivity contribution in [3.05, 3.63) is 210 Å². The van der Waals surface area contributed by atoms with Crippen LogP contribution in [0.15, 0.2) is 160 Å². The molecular weight excluding hydrogens is 804 g/mol. The first-order valence-electron chi connectivity index (χ1n) is 20.7. The van der Waals surface area contributed by atoms with Crippen molar-refractivity contribution in [2.45, 2.75) is 33.5 Å². The fraction of sp³-hybridized carbons (Fsp3) is 0.151. The third-order valence-electron chi connectivity index (χ3n) is 11.8. The maximum atomic E-state index is 12.7. The van der Waals surface area contributed by atoms with E-state index in [1.54, 1.807) is 47.0 Å². The van der Waals surface area contributed by atoms with Crippen molar-refractivity contribution < 1.29 is 0 Å². The van der Waals surface area contributed by atoms with E-state index in [1.807, 2.05) is 122 Å². The van der Waals surface area contributed by atoms with Crippen molar-refractivity contribution in [3.63, 3.8) is 0 Å². The van der Waals surface area contributed by atoms with Crippen molar-refractivity contribution in [2.24, 2.45) is 38.3 Å². The Morgan fingerprint density at radius 3 is 1.13 bits per heavy atom. The molecule has 0 aliphatic heterocycles. The lowest BCUT2D eigenvalue weighted by atomic mass is 9.94. The predicted octanol–water partition coefficient (Wildman–Crippen LogP) is 9.26. The Labute approximate surface area is 371 Å². The molecule has 6 aromatic carbocycles. The Kier molecular flexibility index (Phi) is 13.3. The van der Waals surface area contributed by atoms with Gasteiger partial charge in [0.25, 0.3) is 16.7 Å². The predicted molar refractivity (Wildman–Crippen MR) is 262 cm³/mol. The number of hydrogen-bond donors (Lipinski definition) is 3. The standard InChI is InChI=1S/C19H20N2O.C17H15ClN2O.C17H16N2O/c1-12-9-15-16(10-13(12)2)19(22)21(3)17(11-20)18(15)14-7-5-4-6-8-14;1-20-15(10-19)16(11-5-3-2-4-6-11)14-9-12(18)7-8-13(14)17(20)21;1-19-15(11-18)16(12-7-3-2-4-8-12)13-9-5-6-10-14(13)17(19)20/h4-10H,11,20H2,1-3H3;2-9H,10,19H2,1H3;2-10H,11,18H2,1H3. The van der Waals surface area contributed by atoms with Crippen molar-refractivity contribution in [3.8, 4) is 33.4 Å². The number of pyridine rings is 3. The lowest BCUT2D eigenvalue weighted by Crippen LogP contribution is -2.23. The largest absolute Gasteiger partial charge is 0.325 e. The molecule has 9 nitrogen and oxygen atoms in total. The second-order valence-electron chi connectivity index (χ2n) is 15.5. The van der Waals surface area contributed by atoms with E-state index >= 15 is 0 Å². The molecule has 0 unspecified atom stereocenters. The number of halogens is 1. The fourth-order valence-corrected chi connectivity index (χ4v) is 8.55. The zero-order valence-electron chi connectivity index (χ0n) is 36.2. The zero-order valence-corrected chi connectivity index (χ0v) is 36.9. The highest BCUT2D eigenvalue weighted by atomic mass is 35.5. The summed E-state index contributed by atoms with van der Waals surface area (Å²) in [7, 11) is 5.33. The van der Waals surface area contributed by atoms with Crippen molar-refractivity contribution in [1.29, 1.82) is 0 Å². The monoisotopic (exact) mass is 854 g/mol. The molecular formula is C53H51ClN6O3. The molecule has 9 rings (SSSR count). The van der Waals surface area contributed by atoms with Crippen LogP contribution in [0.5, 0.6) is 0 Å². The Balaban J connectivity index is 0.000000142. The smallest absolute Gasteiger partial charge is 0.258 e. The highest BCUT2D eigenvalue weighted by molar-refractivity contribution is 6.31. The second-order valence-corrected chi connectivity index (χ2v) is 15.9. The van der Waals surface area contributed by atoms with E-state index < -0.39 is 0 Å². The van der Waals surface area contributed by atoms with Gasteiger partial charge in [-0.05, 0) is 88.2 Å². The lowest BCUT2D eigenvalue weighted by molar-refractivity contribution is 0.784. The first-order valence-corrected chi connectivity index (χ1v) is 21.1. The average Bonchev–Trinajstić information content (AvgIpc) is 3.31. The van der Waals surface area contributed by atoms with Gasteiger partial charge in [-0.2, -0.15) is 0 Å². The number of nitrogens with two attached hydrogens (primary N) is 3. The molecule has 318 valence electrons. The van der Waals surface area contributed by atoms with Crippen molar-refractivity contribution in [1.82, 2.24) is 13.7 Å². The van der Waals surface area contributed by atoms with Crippen LogP contribution < -0.4 is 33.9 Å². The van der Waals surface area contributed by atoms with Gasteiger partial charge in [0.1, 0.15) is 0 Å². The van der Waals surface area contributed by atoms with Gasteiger partial charge >= 0.3 is 0 Å². The number of fused-ring (bicyclic) bond motifs is 3. The molecule has 63 heavy (non-hydrogen) atoms. The summed E-state index contributed by atoms with van der Waals surface area (Å²) in [5.41, 5.74) is 28.8. The molecule has 0 aliphatic rings. The minimum Gasteiger partial charge on any atom is -0.325 e. The topological polar surface area (TPSA) is 144 Å². The maximum Gasteiger partial charge on any atom is 0.258 e. The van der Waals surface area contributed by atoms with Crippen LogP contribution in [0.3, 0.4) is 0 Å². The SMILES string of the molecule is Cc1cc2c(-c3ccccc3)c(CN)n(C)c(=O)c2cc1C.Cn1c(CN)c(-c2ccccc2)c2cc(Cl)ccc2c1=O.Cn1c(CN)c(-c2ccccc2)c2ccccc2c1=O. The summed E-state index contributed by atoms with van der Waals surface area (Å²) >= 11 is 6.13. The summed E-state index contributed by atoms with van der Waals surface area (Å²) < 4.78 is 4.96. The number of aryl methyl sites for hydroxylation is 2. The second kappa shape index (κ2) is 19.0. The third kappa shape index (κ3) is 8.52. The molecule has 0 aliphatic carbocycles. The van der Waals surface area contributed by atoms with Crippen LogP contribution in [-0.2, 0) is 40.8 Å². The maximum absolute atomic E-state index is 12.7. The highest BCUT2D eigenvalue weighted by Gasteiger charge is 2.18. The van der Waals surface area contributed by atoms with Crippen LogP contribution in [0.25, 0.3) is 65.7 Å². The number of nitrogens with zero attached hydrogens (tertiary/aromatic N) is 3. The fourth-order valence-electron chi connectivity index (χ4n) is 8.37. The highest BCUT2D eigenvalue weighted by Crippen LogP contribution is 2.34. The number of rotatable bonds is 6. The van der Waals surface area contributed by atoms with Gasteiger partial charge in [0.15, 0.2) is 0 Å². The number of hydrogen-bond acceptors (Lipinski definition) is 6. The van der Waals surface area contributed by atoms with Gasteiger partial charge in [-0.15, -0.1) is 0 Å². The van der Waals surface area contributed by atoms with Crippen LogP contribution in [0.4, 0.5) is 0 Å². The zero-order chi connectivity index (χ0) is 44.9. The van der Waals surface area contributed by atoms with Gasteiger partial charge in [0.05, 0.1) is 0 Å². The lowest BCUT2D eigenvalue weighted by Gasteiger charge is -2.17. The average molecular weight is 855 g/mol. The van der Waals surface area contributed by atoms with Gasteiger partial charge in [-0.1, -0.05) is 127 Å². The quantitative estimate of drug-likeness (QED) is 0.152. The molecule has 0 atom stereocenters. The van der Waals surface area contributed by atoms with E-state index in [0.29, 0.717) is 30.0 Å². The summed E-state index contributed by atoms with van der Waals surface area (Å²) in [6, 6.07) is 47.3. The minimum absolute atomic E-state index is 0.000677. The van der Waals surface area contributed by atoms with Gasteiger partial charge in [-0.25, -0.2) is 0 Å². The third-order valence-corrected chi connectivity index (χ3v) is 12.0. The van der Waals surface area contributed by atoms with E-state index in [-0.39, 0.29) is 16.7 Å². The summed E-state index contributed by atoms with van der Waals surface area (Å²) in [5.74, 6) is 0. The summed E-state index contributed by atoms with van der Waals surface area (Å²) in [5, 5.41) is 5.53. The molecule has 0 radical (unpaired) electrons. The van der Waals surface area contributed by atoms with Crippen LogP contribution >= 0.6 is 11.6 Å². The minimum atomic E-state index is -0.0539. The molecule has 0 spiro atoms. The van der Waals surface area contributed by atoms with Crippen LogP contribution in [0.2, 0.25) is 5.02 Å². The van der Waals surface area contributed by atoms with Crippen LogP contribution in [0, 0.1) is 13.8 Å². The first kappa shape index (κ1) is 44.2. The summed E-state index contributed by atoms with van der Waals surface area (Å²) in [4.78, 5) is 37.5. The van der Waals surface area contributed by atoms with Crippen molar-refractivity contribution in [2.75, 3.05) is 0 Å². The van der Waals surface area contributed by atoms with Gasteiger partial charge in [0, 0.05) is 95.7 Å². The Morgan fingerprint density at radius 2 is 0.714 bits per heavy atom.